The van der Waals surface area contributed by atoms with Crippen LogP contribution in [0.4, 0.5) is 5.69 Å². The molecule has 3 rings (SSSR count). The third-order valence-electron chi connectivity index (χ3n) is 5.00. The Labute approximate surface area is 180 Å². The summed E-state index contributed by atoms with van der Waals surface area (Å²) in [6, 6.07) is 5.68. The van der Waals surface area contributed by atoms with E-state index < -0.39 is 0 Å². The predicted octanol–water partition coefficient (Wildman–Crippen LogP) is 3.50. The highest BCUT2D eigenvalue weighted by Gasteiger charge is 2.18. The van der Waals surface area contributed by atoms with Crippen LogP contribution in [0.2, 0.25) is 5.02 Å². The first-order valence-electron chi connectivity index (χ1n) is 9.79. The van der Waals surface area contributed by atoms with Crippen molar-refractivity contribution >= 4 is 40.9 Å². The second-order valence-electron chi connectivity index (χ2n) is 7.34. The summed E-state index contributed by atoms with van der Waals surface area (Å²) in [6.45, 7) is 1.90. The molecular formula is C20H26ClN5O2S. The first kappa shape index (κ1) is 21.6. The van der Waals surface area contributed by atoms with Crippen LogP contribution in [0.3, 0.4) is 0 Å². The Bertz CT molecular complexity index is 880. The molecule has 1 heterocycles. The van der Waals surface area contributed by atoms with Gasteiger partial charge in [-0.15, -0.1) is 10.2 Å². The first-order valence-corrected chi connectivity index (χ1v) is 11.1. The molecule has 0 unspecified atom stereocenters. The van der Waals surface area contributed by atoms with Crippen LogP contribution in [0.5, 0.6) is 0 Å². The molecule has 7 nitrogen and oxygen atoms in total. The van der Waals surface area contributed by atoms with Crippen LogP contribution in [0, 0.1) is 6.92 Å². The molecule has 1 aromatic heterocycles. The van der Waals surface area contributed by atoms with Gasteiger partial charge in [-0.1, -0.05) is 48.7 Å². The van der Waals surface area contributed by atoms with Crippen molar-refractivity contribution < 1.29 is 9.59 Å². The number of aryl methyl sites for hydroxylation is 1. The summed E-state index contributed by atoms with van der Waals surface area (Å²) < 4.78 is 1.75. The Kier molecular flexibility index (Phi) is 7.55. The summed E-state index contributed by atoms with van der Waals surface area (Å²) in [5, 5.41) is 15.3. The number of thioether (sulfide) groups is 1. The van der Waals surface area contributed by atoms with Gasteiger partial charge in [0.05, 0.1) is 12.2 Å². The zero-order valence-electron chi connectivity index (χ0n) is 16.7. The van der Waals surface area contributed by atoms with E-state index in [4.69, 9.17) is 11.6 Å². The molecule has 0 atom stereocenters. The highest BCUT2D eigenvalue weighted by Crippen LogP contribution is 2.21. The van der Waals surface area contributed by atoms with E-state index in [0.29, 0.717) is 27.7 Å². The molecule has 2 amide bonds. The number of carbonyl (C=O) groups excluding carboxylic acids is 2. The number of nitrogens with zero attached hydrogens (tertiary/aromatic N) is 3. The normalized spacial score (nSPS) is 14.6. The van der Waals surface area contributed by atoms with Crippen LogP contribution in [0.1, 0.15) is 43.5 Å². The smallest absolute Gasteiger partial charge is 0.232 e. The molecule has 2 aromatic rings. The second kappa shape index (κ2) is 10.1. The lowest BCUT2D eigenvalue weighted by Gasteiger charge is -2.22. The van der Waals surface area contributed by atoms with E-state index >= 15 is 0 Å². The molecule has 0 aliphatic heterocycles. The van der Waals surface area contributed by atoms with Crippen molar-refractivity contribution in [2.24, 2.45) is 7.05 Å². The maximum absolute atomic E-state index is 12.3. The van der Waals surface area contributed by atoms with Crippen molar-refractivity contribution in [2.75, 3.05) is 11.1 Å². The fourth-order valence-corrected chi connectivity index (χ4v) is 4.21. The molecule has 1 saturated carbocycles. The summed E-state index contributed by atoms with van der Waals surface area (Å²) in [4.78, 5) is 24.5. The Hall–Kier alpha value is -2.06. The third-order valence-corrected chi connectivity index (χ3v) is 6.43. The minimum atomic E-state index is -0.202. The zero-order chi connectivity index (χ0) is 20.8. The van der Waals surface area contributed by atoms with Gasteiger partial charge in [0.1, 0.15) is 5.82 Å². The lowest BCUT2D eigenvalue weighted by molar-refractivity contribution is -0.119. The molecule has 0 radical (unpaired) electrons. The number of carbonyl (C=O) groups is 2. The molecule has 1 aliphatic rings. The van der Waals surface area contributed by atoms with Gasteiger partial charge in [0.25, 0.3) is 0 Å². The van der Waals surface area contributed by atoms with E-state index in [9.17, 15) is 9.59 Å². The van der Waals surface area contributed by atoms with Crippen molar-refractivity contribution in [1.82, 2.24) is 20.1 Å². The van der Waals surface area contributed by atoms with Gasteiger partial charge in [-0.25, -0.2) is 0 Å². The minimum absolute atomic E-state index is 0.0143. The summed E-state index contributed by atoms with van der Waals surface area (Å²) in [6.07, 6.45) is 5.83. The molecular weight excluding hydrogens is 410 g/mol. The quantitative estimate of drug-likeness (QED) is 0.650. The Morgan fingerprint density at radius 2 is 1.97 bits per heavy atom. The molecule has 156 valence electrons. The number of hydrogen-bond donors (Lipinski definition) is 2. The van der Waals surface area contributed by atoms with E-state index in [1.807, 2.05) is 19.1 Å². The van der Waals surface area contributed by atoms with E-state index in [0.717, 1.165) is 18.4 Å². The number of hydrogen-bond acceptors (Lipinski definition) is 5. The van der Waals surface area contributed by atoms with Gasteiger partial charge in [-0.3, -0.25) is 9.59 Å². The first-order chi connectivity index (χ1) is 13.9. The highest BCUT2D eigenvalue weighted by atomic mass is 35.5. The number of benzene rings is 1. The van der Waals surface area contributed by atoms with E-state index in [2.05, 4.69) is 20.8 Å². The number of aromatic nitrogens is 3. The van der Waals surface area contributed by atoms with Gasteiger partial charge >= 0.3 is 0 Å². The number of nitrogens with one attached hydrogen (secondary N) is 2. The van der Waals surface area contributed by atoms with Gasteiger partial charge in [0.2, 0.25) is 11.8 Å². The Balaban J connectivity index is 1.49. The molecule has 2 N–H and O–H groups in total. The van der Waals surface area contributed by atoms with Crippen LogP contribution in [0.25, 0.3) is 0 Å². The average molecular weight is 436 g/mol. The van der Waals surface area contributed by atoms with E-state index in [1.54, 1.807) is 17.7 Å². The fraction of sp³-hybridized carbons (Fsp3) is 0.500. The van der Waals surface area contributed by atoms with Crippen LogP contribution >= 0.6 is 23.4 Å². The predicted molar refractivity (Wildman–Crippen MR) is 115 cm³/mol. The zero-order valence-corrected chi connectivity index (χ0v) is 18.3. The molecule has 9 heteroatoms. The number of anilines is 1. The molecule has 0 spiro atoms. The molecule has 1 aliphatic carbocycles. The molecule has 0 saturated heterocycles. The number of halogens is 1. The van der Waals surface area contributed by atoms with Crippen LogP contribution in [0.15, 0.2) is 23.4 Å². The average Bonchev–Trinajstić information content (AvgIpc) is 3.03. The van der Waals surface area contributed by atoms with Gasteiger partial charge in [0, 0.05) is 23.8 Å². The standard InChI is InChI=1S/C20H26ClN5O2S/c1-13-8-9-15(10-16(13)21)23-18(27)11-17-24-25-20(26(17)2)29-12-19(28)22-14-6-4-3-5-7-14/h8-10,14H,3-7,11-12H2,1-2H3,(H,22,28)(H,23,27). The lowest BCUT2D eigenvalue weighted by Crippen LogP contribution is -2.37. The van der Waals surface area contributed by atoms with Gasteiger partial charge < -0.3 is 15.2 Å². The lowest BCUT2D eigenvalue weighted by atomic mass is 9.95. The van der Waals surface area contributed by atoms with E-state index in [1.165, 1.54) is 31.0 Å². The summed E-state index contributed by atoms with van der Waals surface area (Å²) in [5.74, 6) is 0.639. The van der Waals surface area contributed by atoms with Crippen LogP contribution in [-0.4, -0.2) is 38.4 Å². The monoisotopic (exact) mass is 435 g/mol. The Morgan fingerprint density at radius 1 is 1.21 bits per heavy atom. The molecule has 1 fully saturated rings. The largest absolute Gasteiger partial charge is 0.353 e. The van der Waals surface area contributed by atoms with Crippen molar-refractivity contribution in [3.05, 3.63) is 34.6 Å². The van der Waals surface area contributed by atoms with Crippen molar-refractivity contribution in [3.63, 3.8) is 0 Å². The second-order valence-corrected chi connectivity index (χ2v) is 8.69. The molecule has 1 aromatic carbocycles. The number of rotatable bonds is 7. The number of amides is 2. The highest BCUT2D eigenvalue weighted by molar-refractivity contribution is 7.99. The van der Waals surface area contributed by atoms with Gasteiger partial charge in [-0.05, 0) is 37.5 Å². The third kappa shape index (κ3) is 6.21. The van der Waals surface area contributed by atoms with Crippen LogP contribution < -0.4 is 10.6 Å². The van der Waals surface area contributed by atoms with Crippen molar-refractivity contribution in [3.8, 4) is 0 Å². The van der Waals surface area contributed by atoms with Gasteiger partial charge in [0.15, 0.2) is 5.16 Å². The summed E-state index contributed by atoms with van der Waals surface area (Å²) in [7, 11) is 1.80. The molecule has 0 bridgehead atoms. The van der Waals surface area contributed by atoms with Crippen LogP contribution in [-0.2, 0) is 23.1 Å². The maximum atomic E-state index is 12.3. The van der Waals surface area contributed by atoms with E-state index in [-0.39, 0.29) is 24.0 Å². The van der Waals surface area contributed by atoms with Gasteiger partial charge in [-0.2, -0.15) is 0 Å². The summed E-state index contributed by atoms with van der Waals surface area (Å²) in [5.41, 5.74) is 1.59. The molecule has 29 heavy (non-hydrogen) atoms. The fourth-order valence-electron chi connectivity index (χ4n) is 3.29. The van der Waals surface area contributed by atoms with Crippen molar-refractivity contribution in [1.29, 1.82) is 0 Å². The summed E-state index contributed by atoms with van der Waals surface area (Å²) >= 11 is 7.42. The van der Waals surface area contributed by atoms with Crippen molar-refractivity contribution in [2.45, 2.75) is 56.6 Å². The topological polar surface area (TPSA) is 88.9 Å². The minimum Gasteiger partial charge on any atom is -0.353 e. The SMILES string of the molecule is Cc1ccc(NC(=O)Cc2nnc(SCC(=O)NC3CCCCC3)n2C)cc1Cl. The maximum Gasteiger partial charge on any atom is 0.232 e. The Morgan fingerprint density at radius 3 is 2.69 bits per heavy atom.